The molecule has 1 heterocycles. The zero-order valence-electron chi connectivity index (χ0n) is 11.7. The fourth-order valence-corrected chi connectivity index (χ4v) is 3.08. The Bertz CT molecular complexity index is 549. The van der Waals surface area contributed by atoms with Crippen molar-refractivity contribution in [1.29, 1.82) is 0 Å². The van der Waals surface area contributed by atoms with Crippen molar-refractivity contribution in [2.45, 2.75) is 32.2 Å². The van der Waals surface area contributed by atoms with Crippen LogP contribution in [0.5, 0.6) is 0 Å². The van der Waals surface area contributed by atoms with Crippen LogP contribution < -0.4 is 5.32 Å². The van der Waals surface area contributed by atoms with Crippen LogP contribution in [0.3, 0.4) is 0 Å². The van der Waals surface area contributed by atoms with Gasteiger partial charge in [-0.2, -0.15) is 0 Å². The molecule has 108 valence electrons. The highest BCUT2D eigenvalue weighted by Crippen LogP contribution is 2.28. The first-order chi connectivity index (χ1) is 9.52. The molecule has 0 bridgehead atoms. The summed E-state index contributed by atoms with van der Waals surface area (Å²) in [5.74, 6) is 0.388. The van der Waals surface area contributed by atoms with E-state index < -0.39 is 6.43 Å². The normalized spacial score (nSPS) is 13.2. The van der Waals surface area contributed by atoms with Gasteiger partial charge in [0.2, 0.25) is 0 Å². The van der Waals surface area contributed by atoms with Crippen LogP contribution in [0.25, 0.3) is 0 Å². The van der Waals surface area contributed by atoms with Crippen molar-refractivity contribution < 1.29 is 8.78 Å². The molecule has 5 heteroatoms. The summed E-state index contributed by atoms with van der Waals surface area (Å²) in [6.07, 6.45) is -2.43. The summed E-state index contributed by atoms with van der Waals surface area (Å²) in [6, 6.07) is 6.36. The van der Waals surface area contributed by atoms with Crippen LogP contribution in [0.15, 0.2) is 29.6 Å². The number of halogens is 2. The molecule has 1 unspecified atom stereocenters. The van der Waals surface area contributed by atoms with E-state index in [0.717, 1.165) is 16.3 Å². The third kappa shape index (κ3) is 3.22. The second kappa shape index (κ2) is 6.41. The molecule has 0 aliphatic carbocycles. The second-order valence-electron chi connectivity index (χ2n) is 4.95. The number of rotatable bonds is 5. The van der Waals surface area contributed by atoms with Gasteiger partial charge in [-0.3, -0.25) is 0 Å². The van der Waals surface area contributed by atoms with Crippen LogP contribution in [-0.2, 0) is 0 Å². The van der Waals surface area contributed by atoms with Gasteiger partial charge in [-0.25, -0.2) is 13.8 Å². The third-order valence-corrected chi connectivity index (χ3v) is 4.12. The average Bonchev–Trinajstić information content (AvgIpc) is 2.90. The van der Waals surface area contributed by atoms with Crippen molar-refractivity contribution in [2.24, 2.45) is 0 Å². The lowest BCUT2D eigenvalue weighted by molar-refractivity contribution is 0.151. The van der Waals surface area contributed by atoms with Gasteiger partial charge in [0.15, 0.2) is 0 Å². The third-order valence-electron chi connectivity index (χ3n) is 3.19. The lowest BCUT2D eigenvalue weighted by atomic mass is 10.1. The lowest BCUT2D eigenvalue weighted by Gasteiger charge is -2.14. The van der Waals surface area contributed by atoms with Crippen LogP contribution in [-0.4, -0.2) is 12.0 Å². The van der Waals surface area contributed by atoms with E-state index in [-0.39, 0.29) is 11.6 Å². The molecule has 0 amide bonds. The number of nitrogens with zero attached hydrogens (tertiary/aromatic N) is 1. The largest absolute Gasteiger partial charge is 0.307 e. The van der Waals surface area contributed by atoms with E-state index in [2.05, 4.69) is 29.5 Å². The highest BCUT2D eigenvalue weighted by molar-refractivity contribution is 7.09. The smallest absolute Gasteiger partial charge is 0.263 e. The Hall–Kier alpha value is -1.33. The van der Waals surface area contributed by atoms with E-state index >= 15 is 0 Å². The number of hydrogen-bond donors (Lipinski definition) is 1. The van der Waals surface area contributed by atoms with E-state index in [1.807, 2.05) is 7.05 Å². The number of nitrogens with one attached hydrogen (secondary N) is 1. The number of alkyl halides is 2. The topological polar surface area (TPSA) is 24.9 Å². The van der Waals surface area contributed by atoms with Crippen molar-refractivity contribution in [1.82, 2.24) is 10.3 Å². The number of thiazole rings is 1. The SMILES string of the molecule is CNC(c1ccc(C(F)F)cc1)c1nc(C(C)C)cs1. The summed E-state index contributed by atoms with van der Waals surface area (Å²) >= 11 is 1.59. The molecule has 0 aliphatic heterocycles. The molecule has 1 atom stereocenters. The Morgan fingerprint density at radius 3 is 2.15 bits per heavy atom. The van der Waals surface area contributed by atoms with E-state index in [1.54, 1.807) is 23.5 Å². The molecule has 0 saturated carbocycles. The fourth-order valence-electron chi connectivity index (χ4n) is 1.97. The van der Waals surface area contributed by atoms with Crippen molar-refractivity contribution in [3.05, 3.63) is 51.5 Å². The number of benzene rings is 1. The molecule has 0 radical (unpaired) electrons. The first-order valence-electron chi connectivity index (χ1n) is 6.53. The summed E-state index contributed by atoms with van der Waals surface area (Å²) in [4.78, 5) is 4.62. The highest BCUT2D eigenvalue weighted by atomic mass is 32.1. The summed E-state index contributed by atoms with van der Waals surface area (Å²) in [5, 5.41) is 6.21. The predicted molar refractivity (Wildman–Crippen MR) is 78.5 cm³/mol. The van der Waals surface area contributed by atoms with Crippen molar-refractivity contribution in [3.63, 3.8) is 0 Å². The van der Waals surface area contributed by atoms with Gasteiger partial charge in [-0.15, -0.1) is 11.3 Å². The molecular weight excluding hydrogens is 278 g/mol. The minimum atomic E-state index is -2.43. The van der Waals surface area contributed by atoms with Gasteiger partial charge in [0.25, 0.3) is 6.43 Å². The van der Waals surface area contributed by atoms with Gasteiger partial charge in [0, 0.05) is 10.9 Å². The maximum absolute atomic E-state index is 12.6. The fraction of sp³-hybridized carbons (Fsp3) is 0.400. The van der Waals surface area contributed by atoms with Crippen molar-refractivity contribution in [3.8, 4) is 0 Å². The minimum Gasteiger partial charge on any atom is -0.307 e. The van der Waals surface area contributed by atoms with Gasteiger partial charge >= 0.3 is 0 Å². The molecule has 2 rings (SSSR count). The quantitative estimate of drug-likeness (QED) is 0.878. The highest BCUT2D eigenvalue weighted by Gasteiger charge is 2.17. The van der Waals surface area contributed by atoms with Crippen LogP contribution in [0.2, 0.25) is 0 Å². The second-order valence-corrected chi connectivity index (χ2v) is 5.84. The Kier molecular flexibility index (Phi) is 4.83. The number of hydrogen-bond acceptors (Lipinski definition) is 3. The molecule has 20 heavy (non-hydrogen) atoms. The zero-order valence-corrected chi connectivity index (χ0v) is 12.5. The van der Waals surface area contributed by atoms with E-state index in [9.17, 15) is 8.78 Å². The van der Waals surface area contributed by atoms with Gasteiger partial charge in [0.05, 0.1) is 11.7 Å². The maximum Gasteiger partial charge on any atom is 0.263 e. The first-order valence-corrected chi connectivity index (χ1v) is 7.41. The average molecular weight is 296 g/mol. The van der Waals surface area contributed by atoms with Crippen LogP contribution in [0.1, 0.15) is 54.1 Å². The zero-order chi connectivity index (χ0) is 14.7. The van der Waals surface area contributed by atoms with E-state index in [1.165, 1.54) is 12.1 Å². The molecule has 0 spiro atoms. The maximum atomic E-state index is 12.6. The van der Waals surface area contributed by atoms with Gasteiger partial charge < -0.3 is 5.32 Å². The van der Waals surface area contributed by atoms with Crippen LogP contribution in [0.4, 0.5) is 8.78 Å². The van der Waals surface area contributed by atoms with Gasteiger partial charge in [0.1, 0.15) is 5.01 Å². The number of aromatic nitrogens is 1. The lowest BCUT2D eigenvalue weighted by Crippen LogP contribution is -2.17. The summed E-state index contributed by atoms with van der Waals surface area (Å²) in [7, 11) is 1.85. The molecule has 1 aromatic carbocycles. The molecule has 0 fully saturated rings. The standard InChI is InChI=1S/C15H18F2N2S/c1-9(2)12-8-20-15(19-12)13(18-3)10-4-6-11(7-5-10)14(16)17/h4-9,13-14,18H,1-3H3. The molecule has 0 aliphatic rings. The molecule has 2 aromatic rings. The van der Waals surface area contributed by atoms with E-state index in [4.69, 9.17) is 0 Å². The monoisotopic (exact) mass is 296 g/mol. The Balaban J connectivity index is 2.26. The van der Waals surface area contributed by atoms with Crippen molar-refractivity contribution >= 4 is 11.3 Å². The first kappa shape index (κ1) is 15.1. The summed E-state index contributed by atoms with van der Waals surface area (Å²) in [5.41, 5.74) is 2.06. The molecule has 0 saturated heterocycles. The Morgan fingerprint density at radius 2 is 1.70 bits per heavy atom. The molecule has 2 nitrogen and oxygen atoms in total. The van der Waals surface area contributed by atoms with E-state index in [0.29, 0.717) is 5.92 Å². The van der Waals surface area contributed by atoms with Crippen molar-refractivity contribution in [2.75, 3.05) is 7.05 Å². The molecule has 1 N–H and O–H groups in total. The van der Waals surface area contributed by atoms with Crippen LogP contribution in [0, 0.1) is 0 Å². The van der Waals surface area contributed by atoms with Gasteiger partial charge in [-0.05, 0) is 18.5 Å². The van der Waals surface area contributed by atoms with Crippen LogP contribution >= 0.6 is 11.3 Å². The van der Waals surface area contributed by atoms with Gasteiger partial charge in [-0.1, -0.05) is 38.1 Å². The summed E-state index contributed by atoms with van der Waals surface area (Å²) in [6.45, 7) is 4.20. The summed E-state index contributed by atoms with van der Waals surface area (Å²) < 4.78 is 25.1. The Morgan fingerprint density at radius 1 is 1.10 bits per heavy atom. The predicted octanol–water partition coefficient (Wildman–Crippen LogP) is 4.51. The molecule has 1 aromatic heterocycles. The minimum absolute atomic E-state index is 0.0469. The molecular formula is C15H18F2N2S. The Labute approximate surface area is 121 Å².